The van der Waals surface area contributed by atoms with Crippen LogP contribution in [-0.4, -0.2) is 32.4 Å². The molecule has 0 saturated carbocycles. The van der Waals surface area contributed by atoms with Gasteiger partial charge in [-0.05, 0) is 26.0 Å². The van der Waals surface area contributed by atoms with Crippen LogP contribution in [0.2, 0.25) is 0 Å². The fourth-order valence-corrected chi connectivity index (χ4v) is 2.33. The van der Waals surface area contributed by atoms with E-state index in [2.05, 4.69) is 18.7 Å². The molecule has 0 spiro atoms. The zero-order valence-electron chi connectivity index (χ0n) is 10.6. The van der Waals surface area contributed by atoms with E-state index in [0.717, 1.165) is 30.2 Å². The quantitative estimate of drug-likeness (QED) is 0.797. The lowest BCUT2D eigenvalue weighted by atomic mass is 10.1. The van der Waals surface area contributed by atoms with Crippen LogP contribution in [-0.2, 0) is 4.74 Å². The van der Waals surface area contributed by atoms with E-state index in [0.29, 0.717) is 0 Å². The number of nitrogens with two attached hydrogens (primary N) is 1. The number of methoxy groups -OCH3 is 1. The maximum absolute atomic E-state index is 5.76. The van der Waals surface area contributed by atoms with Crippen molar-refractivity contribution in [2.45, 2.75) is 26.1 Å². The van der Waals surface area contributed by atoms with Crippen molar-refractivity contribution in [2.24, 2.45) is 0 Å². The van der Waals surface area contributed by atoms with Crippen LogP contribution in [0.4, 0.5) is 11.4 Å². The monoisotopic (exact) mass is 236 g/mol. The second-order valence-corrected chi connectivity index (χ2v) is 4.59. The molecule has 0 amide bonds. The van der Waals surface area contributed by atoms with Crippen molar-refractivity contribution in [3.8, 4) is 5.75 Å². The Labute approximate surface area is 102 Å². The number of nitrogen functional groups attached to an aromatic ring is 1. The van der Waals surface area contributed by atoms with Gasteiger partial charge in [0, 0.05) is 24.8 Å². The zero-order valence-corrected chi connectivity index (χ0v) is 10.6. The van der Waals surface area contributed by atoms with Crippen LogP contribution in [0.3, 0.4) is 0 Å². The third kappa shape index (κ3) is 2.64. The Bertz CT molecular complexity index is 385. The van der Waals surface area contributed by atoms with Crippen molar-refractivity contribution in [2.75, 3.05) is 30.8 Å². The first kappa shape index (κ1) is 12.0. The molecule has 2 atom stereocenters. The maximum Gasteiger partial charge on any atom is 0.144 e. The second-order valence-electron chi connectivity index (χ2n) is 4.59. The van der Waals surface area contributed by atoms with Crippen LogP contribution in [0.25, 0.3) is 0 Å². The highest BCUT2D eigenvalue weighted by Crippen LogP contribution is 2.32. The van der Waals surface area contributed by atoms with Crippen LogP contribution in [0.15, 0.2) is 18.2 Å². The van der Waals surface area contributed by atoms with Gasteiger partial charge >= 0.3 is 0 Å². The van der Waals surface area contributed by atoms with E-state index in [4.69, 9.17) is 15.2 Å². The molecular formula is C13H20N2O2. The van der Waals surface area contributed by atoms with E-state index in [1.54, 1.807) is 7.11 Å². The number of hydrogen-bond acceptors (Lipinski definition) is 4. The van der Waals surface area contributed by atoms with Gasteiger partial charge in [-0.25, -0.2) is 0 Å². The molecule has 4 heteroatoms. The van der Waals surface area contributed by atoms with Crippen LogP contribution in [0.1, 0.15) is 13.8 Å². The molecule has 94 valence electrons. The van der Waals surface area contributed by atoms with Gasteiger partial charge in [0.15, 0.2) is 0 Å². The van der Waals surface area contributed by atoms with Gasteiger partial charge in [-0.1, -0.05) is 0 Å². The number of hydrogen-bond donors (Lipinski definition) is 1. The third-order valence-corrected chi connectivity index (χ3v) is 2.96. The van der Waals surface area contributed by atoms with Gasteiger partial charge in [0.2, 0.25) is 0 Å². The first-order valence-electron chi connectivity index (χ1n) is 5.94. The Hall–Kier alpha value is -1.42. The zero-order chi connectivity index (χ0) is 12.4. The molecule has 0 unspecified atom stereocenters. The molecular weight excluding hydrogens is 216 g/mol. The van der Waals surface area contributed by atoms with Gasteiger partial charge in [-0.15, -0.1) is 0 Å². The van der Waals surface area contributed by atoms with E-state index in [1.807, 2.05) is 18.2 Å². The molecule has 2 N–H and O–H groups in total. The summed E-state index contributed by atoms with van der Waals surface area (Å²) >= 11 is 0. The highest BCUT2D eigenvalue weighted by atomic mass is 16.5. The summed E-state index contributed by atoms with van der Waals surface area (Å²) in [6.07, 6.45) is 0.474. The van der Waals surface area contributed by atoms with Crippen molar-refractivity contribution in [3.05, 3.63) is 18.2 Å². The lowest BCUT2D eigenvalue weighted by Gasteiger charge is -2.37. The van der Waals surface area contributed by atoms with Gasteiger partial charge in [0.1, 0.15) is 5.75 Å². The lowest BCUT2D eigenvalue weighted by Crippen LogP contribution is -2.45. The van der Waals surface area contributed by atoms with Gasteiger partial charge < -0.3 is 20.1 Å². The van der Waals surface area contributed by atoms with E-state index >= 15 is 0 Å². The van der Waals surface area contributed by atoms with Crippen LogP contribution in [0, 0.1) is 0 Å². The van der Waals surface area contributed by atoms with Gasteiger partial charge in [0.25, 0.3) is 0 Å². The van der Waals surface area contributed by atoms with E-state index < -0.39 is 0 Å². The Balaban J connectivity index is 2.26. The highest BCUT2D eigenvalue weighted by molar-refractivity contribution is 5.64. The fraction of sp³-hybridized carbons (Fsp3) is 0.538. The minimum atomic E-state index is 0.237. The summed E-state index contributed by atoms with van der Waals surface area (Å²) in [7, 11) is 1.67. The summed E-state index contributed by atoms with van der Waals surface area (Å²) in [6.45, 7) is 5.94. The van der Waals surface area contributed by atoms with Crippen LogP contribution >= 0.6 is 0 Å². The topological polar surface area (TPSA) is 47.7 Å². The Kier molecular flexibility index (Phi) is 3.43. The molecule has 17 heavy (non-hydrogen) atoms. The predicted molar refractivity (Wildman–Crippen MR) is 69.6 cm³/mol. The highest BCUT2D eigenvalue weighted by Gasteiger charge is 2.24. The maximum atomic E-state index is 5.76. The molecule has 1 aliphatic heterocycles. The molecule has 0 radical (unpaired) electrons. The molecule has 1 heterocycles. The summed E-state index contributed by atoms with van der Waals surface area (Å²) in [5, 5.41) is 0. The van der Waals surface area contributed by atoms with Crippen molar-refractivity contribution in [3.63, 3.8) is 0 Å². The van der Waals surface area contributed by atoms with Crippen LogP contribution < -0.4 is 15.4 Å². The third-order valence-electron chi connectivity index (χ3n) is 2.96. The van der Waals surface area contributed by atoms with E-state index in [1.165, 1.54) is 0 Å². The van der Waals surface area contributed by atoms with Gasteiger partial charge in [-0.2, -0.15) is 0 Å². The summed E-state index contributed by atoms with van der Waals surface area (Å²) < 4.78 is 11.1. The number of morpholine rings is 1. The Morgan fingerprint density at radius 1 is 1.29 bits per heavy atom. The molecule has 1 fully saturated rings. The fourth-order valence-electron chi connectivity index (χ4n) is 2.33. The molecule has 0 bridgehead atoms. The van der Waals surface area contributed by atoms with Gasteiger partial charge in [0.05, 0.1) is 25.0 Å². The molecule has 1 aromatic carbocycles. The summed E-state index contributed by atoms with van der Waals surface area (Å²) in [4.78, 5) is 2.29. The van der Waals surface area contributed by atoms with Crippen molar-refractivity contribution < 1.29 is 9.47 Å². The number of anilines is 2. The number of ether oxygens (including phenoxy) is 2. The summed E-state index contributed by atoms with van der Waals surface area (Å²) in [5.41, 5.74) is 7.57. The average molecular weight is 236 g/mol. The second kappa shape index (κ2) is 4.84. The normalized spacial score (nSPS) is 24.8. The average Bonchev–Trinajstić information content (AvgIpc) is 2.27. The summed E-state index contributed by atoms with van der Waals surface area (Å²) in [5.74, 6) is 0.825. The minimum absolute atomic E-state index is 0.237. The molecule has 1 aromatic rings. The first-order valence-corrected chi connectivity index (χ1v) is 5.94. The smallest absolute Gasteiger partial charge is 0.144 e. The first-order chi connectivity index (χ1) is 8.10. The molecule has 4 nitrogen and oxygen atoms in total. The Morgan fingerprint density at radius 2 is 1.94 bits per heavy atom. The van der Waals surface area contributed by atoms with Crippen molar-refractivity contribution in [1.29, 1.82) is 0 Å². The molecule has 2 rings (SSSR count). The number of nitrogens with zero attached hydrogens (tertiary/aromatic N) is 1. The van der Waals surface area contributed by atoms with Crippen molar-refractivity contribution in [1.82, 2.24) is 0 Å². The summed E-state index contributed by atoms with van der Waals surface area (Å²) in [6, 6.07) is 5.78. The van der Waals surface area contributed by atoms with Gasteiger partial charge in [-0.3, -0.25) is 0 Å². The predicted octanol–water partition coefficient (Wildman–Crippen LogP) is 1.89. The molecule has 0 aliphatic carbocycles. The molecule has 1 saturated heterocycles. The number of benzene rings is 1. The van der Waals surface area contributed by atoms with E-state index in [9.17, 15) is 0 Å². The standard InChI is InChI=1S/C13H20N2O2/c1-9-7-15(8-10(2)17-9)12-5-4-11(14)6-13(12)16-3/h4-6,9-10H,7-8,14H2,1-3H3/t9-,10-/m0/s1. The number of rotatable bonds is 2. The van der Waals surface area contributed by atoms with Crippen LogP contribution in [0.5, 0.6) is 5.75 Å². The van der Waals surface area contributed by atoms with Crippen molar-refractivity contribution >= 4 is 11.4 Å². The molecule has 1 aliphatic rings. The SMILES string of the molecule is COc1cc(N)ccc1N1C[C@H](C)O[C@@H](C)C1. The van der Waals surface area contributed by atoms with E-state index in [-0.39, 0.29) is 12.2 Å². The Morgan fingerprint density at radius 3 is 2.53 bits per heavy atom. The largest absolute Gasteiger partial charge is 0.495 e. The minimum Gasteiger partial charge on any atom is -0.495 e. The molecule has 0 aromatic heterocycles. The lowest BCUT2D eigenvalue weighted by molar-refractivity contribution is -0.00532.